The monoisotopic (exact) mass is 363 g/mol. The lowest BCUT2D eigenvalue weighted by atomic mass is 9.97. The first-order chi connectivity index (χ1) is 12.1. The second-order valence-electron chi connectivity index (χ2n) is 6.39. The quantitative estimate of drug-likeness (QED) is 0.757. The number of nitrogens with zero attached hydrogens (tertiary/aromatic N) is 3. The Bertz CT molecular complexity index is 766. The molecular weight excluding hydrogens is 338 g/mol. The van der Waals surface area contributed by atoms with Crippen molar-refractivity contribution < 1.29 is 13.2 Å². The lowest BCUT2D eigenvalue weighted by Gasteiger charge is -2.31. The van der Waals surface area contributed by atoms with Gasteiger partial charge in [-0.15, -0.1) is 0 Å². The molecule has 136 valence electrons. The third-order valence-electron chi connectivity index (χ3n) is 4.69. The van der Waals surface area contributed by atoms with Crippen LogP contribution in [0.1, 0.15) is 30.1 Å². The fraction of sp³-hybridized carbons (Fsp3) is 0.500. The summed E-state index contributed by atoms with van der Waals surface area (Å²) in [5, 5.41) is 0. The van der Waals surface area contributed by atoms with Gasteiger partial charge in [0.2, 0.25) is 10.0 Å². The normalized spacial score (nSPS) is 17.0. The predicted molar refractivity (Wildman–Crippen MR) is 96.7 cm³/mol. The maximum atomic E-state index is 12.6. The molecule has 2 aromatic rings. The van der Waals surface area contributed by atoms with E-state index in [4.69, 9.17) is 4.74 Å². The summed E-state index contributed by atoms with van der Waals surface area (Å²) in [6.45, 7) is 2.53. The van der Waals surface area contributed by atoms with Gasteiger partial charge in [-0.05, 0) is 18.4 Å². The van der Waals surface area contributed by atoms with E-state index in [9.17, 15) is 8.42 Å². The fourth-order valence-electron chi connectivity index (χ4n) is 3.33. The first-order valence-electron chi connectivity index (χ1n) is 8.62. The van der Waals surface area contributed by atoms with Crippen LogP contribution >= 0.6 is 0 Å². The third kappa shape index (κ3) is 4.48. The average Bonchev–Trinajstić information content (AvgIpc) is 3.09. The summed E-state index contributed by atoms with van der Waals surface area (Å²) in [4.78, 5) is 4.49. The smallest absolute Gasteiger partial charge is 0.218 e. The lowest BCUT2D eigenvalue weighted by Crippen LogP contribution is -2.39. The van der Waals surface area contributed by atoms with Gasteiger partial charge in [0.05, 0.1) is 12.4 Å². The summed E-state index contributed by atoms with van der Waals surface area (Å²) in [6, 6.07) is 9.36. The van der Waals surface area contributed by atoms with Crippen molar-refractivity contribution in [3.8, 4) is 0 Å². The molecule has 0 radical (unpaired) electrons. The van der Waals surface area contributed by atoms with Gasteiger partial charge in [-0.2, -0.15) is 0 Å². The highest BCUT2D eigenvalue weighted by atomic mass is 32.2. The van der Waals surface area contributed by atoms with E-state index >= 15 is 0 Å². The van der Waals surface area contributed by atoms with Gasteiger partial charge in [0, 0.05) is 45.1 Å². The summed E-state index contributed by atoms with van der Waals surface area (Å²) >= 11 is 0. The molecule has 1 aliphatic rings. The molecule has 0 amide bonds. The Balaban J connectivity index is 1.61. The van der Waals surface area contributed by atoms with E-state index in [0.717, 1.165) is 30.8 Å². The fourth-order valence-corrected chi connectivity index (χ4v) is 4.89. The van der Waals surface area contributed by atoms with Crippen molar-refractivity contribution in [3.63, 3.8) is 0 Å². The van der Waals surface area contributed by atoms with E-state index < -0.39 is 10.0 Å². The van der Waals surface area contributed by atoms with Gasteiger partial charge in [0.25, 0.3) is 0 Å². The number of methoxy groups -OCH3 is 1. The minimum atomic E-state index is -3.27. The van der Waals surface area contributed by atoms with Crippen LogP contribution in [-0.4, -0.2) is 49.1 Å². The minimum absolute atomic E-state index is 0.0704. The summed E-state index contributed by atoms with van der Waals surface area (Å²) in [7, 11) is -1.58. The van der Waals surface area contributed by atoms with Crippen molar-refractivity contribution >= 4 is 10.0 Å². The van der Waals surface area contributed by atoms with Crippen LogP contribution in [0.5, 0.6) is 0 Å². The molecule has 0 bridgehead atoms. The first kappa shape index (κ1) is 18.1. The van der Waals surface area contributed by atoms with Gasteiger partial charge >= 0.3 is 0 Å². The molecule has 0 atom stereocenters. The zero-order chi connectivity index (χ0) is 17.7. The molecule has 1 aromatic heterocycles. The Morgan fingerprint density at radius 2 is 1.92 bits per heavy atom. The van der Waals surface area contributed by atoms with E-state index in [1.165, 1.54) is 0 Å². The number of aromatic nitrogens is 2. The van der Waals surface area contributed by atoms with Crippen LogP contribution in [0.4, 0.5) is 0 Å². The second kappa shape index (κ2) is 8.12. The van der Waals surface area contributed by atoms with Crippen LogP contribution in [-0.2, 0) is 27.1 Å². The molecule has 1 aromatic carbocycles. The number of rotatable bonds is 7. The zero-order valence-corrected chi connectivity index (χ0v) is 15.4. The Morgan fingerprint density at radius 1 is 1.20 bits per heavy atom. The first-order valence-corrected chi connectivity index (χ1v) is 10.2. The highest BCUT2D eigenvalue weighted by molar-refractivity contribution is 7.88. The summed E-state index contributed by atoms with van der Waals surface area (Å²) in [5.41, 5.74) is 0.833. The minimum Gasteiger partial charge on any atom is -0.383 e. The molecule has 1 fully saturated rings. The number of ether oxygens (including phenoxy) is 1. The summed E-state index contributed by atoms with van der Waals surface area (Å²) in [6.07, 6.45) is 5.38. The van der Waals surface area contributed by atoms with Crippen LogP contribution in [0, 0.1) is 0 Å². The average molecular weight is 363 g/mol. The van der Waals surface area contributed by atoms with E-state index in [0.29, 0.717) is 25.6 Å². The predicted octanol–water partition coefficient (Wildman–Crippen LogP) is 2.24. The van der Waals surface area contributed by atoms with Crippen molar-refractivity contribution in [2.45, 2.75) is 31.1 Å². The van der Waals surface area contributed by atoms with Crippen molar-refractivity contribution in [3.05, 3.63) is 54.1 Å². The number of hydrogen-bond donors (Lipinski definition) is 0. The van der Waals surface area contributed by atoms with Crippen molar-refractivity contribution in [2.24, 2.45) is 0 Å². The van der Waals surface area contributed by atoms with Gasteiger partial charge in [-0.3, -0.25) is 0 Å². The largest absolute Gasteiger partial charge is 0.383 e. The van der Waals surface area contributed by atoms with Crippen LogP contribution < -0.4 is 0 Å². The number of hydrogen-bond acceptors (Lipinski definition) is 4. The standard InChI is InChI=1S/C18H25N3O3S/c1-24-14-13-20-12-9-19-18(20)17-7-10-21(11-8-17)25(22,23)15-16-5-3-2-4-6-16/h2-6,9,12,17H,7-8,10-11,13-15H2,1H3. The molecular formula is C18H25N3O3S. The zero-order valence-electron chi connectivity index (χ0n) is 14.5. The van der Waals surface area contributed by atoms with Gasteiger partial charge in [-0.25, -0.2) is 17.7 Å². The Morgan fingerprint density at radius 3 is 2.60 bits per heavy atom. The number of sulfonamides is 1. The van der Waals surface area contributed by atoms with E-state index in [2.05, 4.69) is 9.55 Å². The summed E-state index contributed by atoms with van der Waals surface area (Å²) < 4.78 is 34.2. The highest BCUT2D eigenvalue weighted by Gasteiger charge is 2.30. The van der Waals surface area contributed by atoms with Crippen molar-refractivity contribution in [1.82, 2.24) is 13.9 Å². The molecule has 0 N–H and O–H groups in total. The topological polar surface area (TPSA) is 64.4 Å². The van der Waals surface area contributed by atoms with E-state index in [1.54, 1.807) is 11.4 Å². The molecule has 6 nitrogen and oxygen atoms in total. The van der Waals surface area contributed by atoms with Gasteiger partial charge in [0.15, 0.2) is 0 Å². The van der Waals surface area contributed by atoms with Crippen LogP contribution in [0.15, 0.2) is 42.7 Å². The Kier molecular flexibility index (Phi) is 5.88. The SMILES string of the molecule is COCCn1ccnc1C1CCN(S(=O)(=O)Cc2ccccc2)CC1. The molecule has 1 saturated heterocycles. The number of benzene rings is 1. The van der Waals surface area contributed by atoms with Crippen molar-refractivity contribution in [1.29, 1.82) is 0 Å². The van der Waals surface area contributed by atoms with E-state index in [-0.39, 0.29) is 5.75 Å². The maximum absolute atomic E-state index is 12.6. The van der Waals surface area contributed by atoms with Crippen LogP contribution in [0.2, 0.25) is 0 Å². The molecule has 7 heteroatoms. The maximum Gasteiger partial charge on any atom is 0.218 e. The Hall–Kier alpha value is -1.70. The van der Waals surface area contributed by atoms with Gasteiger partial charge in [-0.1, -0.05) is 30.3 Å². The van der Waals surface area contributed by atoms with Gasteiger partial charge in [0.1, 0.15) is 5.82 Å². The number of piperidine rings is 1. The molecule has 25 heavy (non-hydrogen) atoms. The van der Waals surface area contributed by atoms with E-state index in [1.807, 2.05) is 42.7 Å². The second-order valence-corrected chi connectivity index (χ2v) is 8.36. The van der Waals surface area contributed by atoms with Gasteiger partial charge < -0.3 is 9.30 Å². The Labute approximate surface area is 149 Å². The summed E-state index contributed by atoms with van der Waals surface area (Å²) in [5.74, 6) is 1.41. The molecule has 0 unspecified atom stereocenters. The lowest BCUT2D eigenvalue weighted by molar-refractivity contribution is 0.185. The molecule has 3 rings (SSSR count). The molecule has 0 aliphatic carbocycles. The third-order valence-corrected chi connectivity index (χ3v) is 6.54. The molecule has 0 saturated carbocycles. The number of imidazole rings is 1. The van der Waals surface area contributed by atoms with Crippen LogP contribution in [0.3, 0.4) is 0 Å². The molecule has 1 aliphatic heterocycles. The highest BCUT2D eigenvalue weighted by Crippen LogP contribution is 2.29. The van der Waals surface area contributed by atoms with Crippen molar-refractivity contribution in [2.75, 3.05) is 26.8 Å². The van der Waals surface area contributed by atoms with Crippen LogP contribution in [0.25, 0.3) is 0 Å². The molecule has 0 spiro atoms. The molecule has 2 heterocycles.